The lowest BCUT2D eigenvalue weighted by Crippen LogP contribution is -2.27. The summed E-state index contributed by atoms with van der Waals surface area (Å²) >= 11 is 3.44. The molecule has 0 saturated heterocycles. The van der Waals surface area contributed by atoms with E-state index < -0.39 is 0 Å². The summed E-state index contributed by atoms with van der Waals surface area (Å²) in [4.78, 5) is 15.6. The van der Waals surface area contributed by atoms with Gasteiger partial charge in [0.2, 0.25) is 0 Å². The van der Waals surface area contributed by atoms with Crippen LogP contribution < -0.4 is 11.0 Å². The van der Waals surface area contributed by atoms with Crippen molar-refractivity contribution >= 4 is 15.9 Å². The van der Waals surface area contributed by atoms with Crippen molar-refractivity contribution in [2.75, 3.05) is 13.6 Å². The number of aromatic nitrogens is 2. The average Bonchev–Trinajstić information content (AvgIpc) is 2.20. The Labute approximate surface area is 97.8 Å². The summed E-state index contributed by atoms with van der Waals surface area (Å²) in [5.74, 6) is 0. The predicted octanol–water partition coefficient (Wildman–Crippen LogP) is 1.23. The predicted molar refractivity (Wildman–Crippen MR) is 64.2 cm³/mol. The minimum atomic E-state index is -0.163. The van der Waals surface area contributed by atoms with E-state index in [0.717, 1.165) is 28.8 Å². The lowest BCUT2D eigenvalue weighted by Gasteiger charge is -2.11. The first kappa shape index (κ1) is 12.4. The van der Waals surface area contributed by atoms with Crippen LogP contribution in [-0.2, 0) is 6.54 Å². The molecule has 0 bridgehead atoms. The SMILES string of the molecule is CNCCCn1c(C)c(Br)c(C)nc1=O. The van der Waals surface area contributed by atoms with Crippen LogP contribution in [0, 0.1) is 13.8 Å². The quantitative estimate of drug-likeness (QED) is 0.840. The minimum Gasteiger partial charge on any atom is -0.320 e. The third-order valence-electron chi connectivity index (χ3n) is 2.34. The molecule has 15 heavy (non-hydrogen) atoms. The Morgan fingerprint density at radius 3 is 2.73 bits per heavy atom. The number of aryl methyl sites for hydroxylation is 1. The molecular weight excluding hydrogens is 258 g/mol. The highest BCUT2D eigenvalue weighted by molar-refractivity contribution is 9.10. The summed E-state index contributed by atoms with van der Waals surface area (Å²) < 4.78 is 2.63. The van der Waals surface area contributed by atoms with Gasteiger partial charge in [0.1, 0.15) is 0 Å². The standard InChI is InChI=1S/C10H16BrN3O/c1-7-9(11)8(2)14(10(15)13-7)6-4-5-12-3/h12H,4-6H2,1-3H3. The molecule has 4 nitrogen and oxygen atoms in total. The van der Waals surface area contributed by atoms with Gasteiger partial charge in [-0.15, -0.1) is 0 Å². The lowest BCUT2D eigenvalue weighted by atomic mass is 10.3. The number of nitrogens with one attached hydrogen (secondary N) is 1. The molecule has 0 radical (unpaired) electrons. The zero-order valence-electron chi connectivity index (χ0n) is 9.30. The zero-order chi connectivity index (χ0) is 11.4. The van der Waals surface area contributed by atoms with E-state index in [-0.39, 0.29) is 5.69 Å². The van der Waals surface area contributed by atoms with Gasteiger partial charge in [-0.2, -0.15) is 4.98 Å². The van der Waals surface area contributed by atoms with Crippen molar-refractivity contribution in [1.29, 1.82) is 0 Å². The van der Waals surface area contributed by atoms with Crippen molar-refractivity contribution in [3.05, 3.63) is 26.3 Å². The zero-order valence-corrected chi connectivity index (χ0v) is 10.9. The fraction of sp³-hybridized carbons (Fsp3) is 0.600. The van der Waals surface area contributed by atoms with Crippen molar-refractivity contribution in [1.82, 2.24) is 14.9 Å². The van der Waals surface area contributed by atoms with Crippen LogP contribution in [0.2, 0.25) is 0 Å². The molecule has 0 unspecified atom stereocenters. The van der Waals surface area contributed by atoms with Gasteiger partial charge in [0.15, 0.2) is 0 Å². The molecule has 1 N–H and O–H groups in total. The molecule has 1 rings (SSSR count). The van der Waals surface area contributed by atoms with Crippen LogP contribution in [0.4, 0.5) is 0 Å². The molecule has 0 aliphatic carbocycles. The van der Waals surface area contributed by atoms with E-state index in [1.807, 2.05) is 20.9 Å². The van der Waals surface area contributed by atoms with E-state index in [0.29, 0.717) is 6.54 Å². The largest absolute Gasteiger partial charge is 0.348 e. The molecule has 1 aromatic heterocycles. The Morgan fingerprint density at radius 2 is 2.13 bits per heavy atom. The van der Waals surface area contributed by atoms with Gasteiger partial charge in [0.25, 0.3) is 0 Å². The van der Waals surface area contributed by atoms with Gasteiger partial charge < -0.3 is 5.32 Å². The maximum Gasteiger partial charge on any atom is 0.348 e. The molecule has 0 aliphatic heterocycles. The third kappa shape index (κ3) is 2.89. The molecule has 0 amide bonds. The lowest BCUT2D eigenvalue weighted by molar-refractivity contribution is 0.570. The van der Waals surface area contributed by atoms with Crippen molar-refractivity contribution in [2.24, 2.45) is 0 Å². The van der Waals surface area contributed by atoms with E-state index in [9.17, 15) is 4.79 Å². The second-order valence-electron chi connectivity index (χ2n) is 3.49. The first-order chi connectivity index (χ1) is 7.07. The van der Waals surface area contributed by atoms with Crippen molar-refractivity contribution in [3.63, 3.8) is 0 Å². The molecule has 0 aliphatic rings. The maximum absolute atomic E-state index is 11.6. The summed E-state index contributed by atoms with van der Waals surface area (Å²) in [5.41, 5.74) is 1.54. The van der Waals surface area contributed by atoms with Crippen LogP contribution in [0.1, 0.15) is 17.8 Å². The van der Waals surface area contributed by atoms with Crippen LogP contribution in [0.15, 0.2) is 9.27 Å². The van der Waals surface area contributed by atoms with Crippen molar-refractivity contribution in [2.45, 2.75) is 26.8 Å². The molecule has 0 fully saturated rings. The van der Waals surface area contributed by atoms with Gasteiger partial charge >= 0.3 is 5.69 Å². The molecule has 0 aromatic carbocycles. The van der Waals surface area contributed by atoms with Gasteiger partial charge in [-0.05, 0) is 49.8 Å². The van der Waals surface area contributed by atoms with Crippen LogP contribution in [0.25, 0.3) is 0 Å². The van der Waals surface area contributed by atoms with E-state index >= 15 is 0 Å². The summed E-state index contributed by atoms with van der Waals surface area (Å²) in [6.45, 7) is 5.37. The Hall–Kier alpha value is -0.680. The van der Waals surface area contributed by atoms with Gasteiger partial charge in [-0.1, -0.05) is 0 Å². The monoisotopic (exact) mass is 273 g/mol. The number of halogens is 1. The van der Waals surface area contributed by atoms with Crippen LogP contribution in [0.5, 0.6) is 0 Å². The molecule has 5 heteroatoms. The van der Waals surface area contributed by atoms with E-state index in [1.54, 1.807) is 4.57 Å². The fourth-order valence-electron chi connectivity index (χ4n) is 1.45. The first-order valence-electron chi connectivity index (χ1n) is 4.96. The van der Waals surface area contributed by atoms with E-state index in [2.05, 4.69) is 26.2 Å². The van der Waals surface area contributed by atoms with Gasteiger partial charge in [0, 0.05) is 12.2 Å². The smallest absolute Gasteiger partial charge is 0.320 e. The number of hydrogen-bond donors (Lipinski definition) is 1. The van der Waals surface area contributed by atoms with E-state index in [4.69, 9.17) is 0 Å². The molecule has 84 valence electrons. The average molecular weight is 274 g/mol. The Balaban J connectivity index is 2.97. The second-order valence-corrected chi connectivity index (χ2v) is 4.28. The highest BCUT2D eigenvalue weighted by Gasteiger charge is 2.08. The number of hydrogen-bond acceptors (Lipinski definition) is 3. The summed E-state index contributed by atoms with van der Waals surface area (Å²) in [5, 5.41) is 3.06. The molecule has 1 aromatic rings. The van der Waals surface area contributed by atoms with E-state index in [1.165, 1.54) is 0 Å². The summed E-state index contributed by atoms with van der Waals surface area (Å²) in [6.07, 6.45) is 0.925. The normalized spacial score (nSPS) is 10.7. The summed E-state index contributed by atoms with van der Waals surface area (Å²) in [7, 11) is 1.90. The Morgan fingerprint density at radius 1 is 1.47 bits per heavy atom. The van der Waals surface area contributed by atoms with Crippen LogP contribution in [-0.4, -0.2) is 23.1 Å². The molecule has 1 heterocycles. The van der Waals surface area contributed by atoms with Crippen LogP contribution >= 0.6 is 15.9 Å². The highest BCUT2D eigenvalue weighted by atomic mass is 79.9. The molecule has 0 saturated carbocycles. The Bertz CT molecular complexity index is 400. The molecule has 0 spiro atoms. The highest BCUT2D eigenvalue weighted by Crippen LogP contribution is 2.16. The van der Waals surface area contributed by atoms with Crippen molar-refractivity contribution < 1.29 is 0 Å². The first-order valence-corrected chi connectivity index (χ1v) is 5.75. The van der Waals surface area contributed by atoms with Crippen molar-refractivity contribution in [3.8, 4) is 0 Å². The van der Waals surface area contributed by atoms with Gasteiger partial charge in [-0.25, -0.2) is 4.79 Å². The number of rotatable bonds is 4. The van der Waals surface area contributed by atoms with Gasteiger partial charge in [0.05, 0.1) is 10.2 Å². The fourth-order valence-corrected chi connectivity index (χ4v) is 1.76. The molecular formula is C10H16BrN3O. The molecule has 0 atom stereocenters. The third-order valence-corrected chi connectivity index (χ3v) is 3.49. The number of nitrogens with zero attached hydrogens (tertiary/aromatic N) is 2. The maximum atomic E-state index is 11.6. The second kappa shape index (κ2) is 5.42. The summed E-state index contributed by atoms with van der Waals surface area (Å²) in [6, 6.07) is 0. The topological polar surface area (TPSA) is 46.9 Å². The van der Waals surface area contributed by atoms with Gasteiger partial charge in [-0.3, -0.25) is 4.57 Å². The Kier molecular flexibility index (Phi) is 4.47. The minimum absolute atomic E-state index is 0.163. The van der Waals surface area contributed by atoms with Crippen LogP contribution in [0.3, 0.4) is 0 Å².